The number of hydrogen-bond acceptors (Lipinski definition) is 6. The molecule has 2 heterocycles. The molecule has 0 aliphatic rings. The molecule has 0 saturated heterocycles. The maximum atomic E-state index is 11.7. The quantitative estimate of drug-likeness (QED) is 0.694. The van der Waals surface area contributed by atoms with Gasteiger partial charge in [0.1, 0.15) is 0 Å². The van der Waals surface area contributed by atoms with E-state index in [1.54, 1.807) is 12.5 Å². The van der Waals surface area contributed by atoms with Crippen molar-refractivity contribution in [1.82, 2.24) is 25.0 Å². The smallest absolute Gasteiger partial charge is 0.316 e. The Kier molecular flexibility index (Phi) is 4.44. The van der Waals surface area contributed by atoms with Crippen LogP contribution in [0.25, 0.3) is 11.4 Å². The van der Waals surface area contributed by atoms with Crippen molar-refractivity contribution in [2.24, 2.45) is 0 Å². The maximum Gasteiger partial charge on any atom is 0.316 e. The summed E-state index contributed by atoms with van der Waals surface area (Å²) >= 11 is 0. The van der Waals surface area contributed by atoms with E-state index in [-0.39, 0.29) is 19.0 Å². The standard InChI is InChI=1S/C15H15N5O3/c21-8-6-17-14(22)15-18-13(19-23-15)12-3-1-11(2-4-12)9-20-7-5-16-10-20/h1-5,7,10,21H,6,8-9H2,(H,17,22). The molecule has 0 fully saturated rings. The number of aliphatic hydroxyl groups is 1. The van der Waals surface area contributed by atoms with Gasteiger partial charge in [-0.1, -0.05) is 29.4 Å². The van der Waals surface area contributed by atoms with Crippen molar-refractivity contribution in [2.45, 2.75) is 6.54 Å². The van der Waals surface area contributed by atoms with Gasteiger partial charge in [0.15, 0.2) is 0 Å². The van der Waals surface area contributed by atoms with Crippen molar-refractivity contribution in [1.29, 1.82) is 0 Å². The number of nitrogens with zero attached hydrogens (tertiary/aromatic N) is 4. The first kappa shape index (κ1) is 14.9. The first-order valence-electron chi connectivity index (χ1n) is 7.04. The van der Waals surface area contributed by atoms with Gasteiger partial charge in [0.25, 0.3) is 0 Å². The zero-order chi connectivity index (χ0) is 16.1. The highest BCUT2D eigenvalue weighted by molar-refractivity contribution is 5.89. The summed E-state index contributed by atoms with van der Waals surface area (Å²) in [7, 11) is 0. The van der Waals surface area contributed by atoms with E-state index in [0.29, 0.717) is 5.82 Å². The summed E-state index contributed by atoms with van der Waals surface area (Å²) in [6, 6.07) is 7.65. The van der Waals surface area contributed by atoms with Crippen molar-refractivity contribution in [3.8, 4) is 11.4 Å². The normalized spacial score (nSPS) is 10.7. The van der Waals surface area contributed by atoms with E-state index in [0.717, 1.165) is 17.7 Å². The van der Waals surface area contributed by atoms with Crippen LogP contribution >= 0.6 is 0 Å². The summed E-state index contributed by atoms with van der Waals surface area (Å²) in [5.41, 5.74) is 1.86. The summed E-state index contributed by atoms with van der Waals surface area (Å²) in [6.45, 7) is 0.714. The number of amides is 1. The van der Waals surface area contributed by atoms with Crippen molar-refractivity contribution in [2.75, 3.05) is 13.2 Å². The lowest BCUT2D eigenvalue weighted by Crippen LogP contribution is -2.26. The summed E-state index contributed by atoms with van der Waals surface area (Å²) < 4.78 is 6.89. The fourth-order valence-electron chi connectivity index (χ4n) is 2.03. The Morgan fingerprint density at radius 3 is 2.83 bits per heavy atom. The first-order valence-corrected chi connectivity index (χ1v) is 7.04. The summed E-state index contributed by atoms with van der Waals surface area (Å²) in [5, 5.41) is 14.9. The molecule has 8 heteroatoms. The zero-order valence-electron chi connectivity index (χ0n) is 12.2. The van der Waals surface area contributed by atoms with Crippen LogP contribution in [0, 0.1) is 0 Å². The van der Waals surface area contributed by atoms with Gasteiger partial charge in [-0.05, 0) is 5.56 Å². The number of carbonyl (C=O) groups excluding carboxylic acids is 1. The Morgan fingerprint density at radius 2 is 2.13 bits per heavy atom. The van der Waals surface area contributed by atoms with Crippen LogP contribution in [0.15, 0.2) is 47.5 Å². The monoisotopic (exact) mass is 313 g/mol. The Labute approximate surface area is 131 Å². The lowest BCUT2D eigenvalue weighted by molar-refractivity contribution is 0.0901. The van der Waals surface area contributed by atoms with Gasteiger partial charge in [0.2, 0.25) is 5.82 Å². The average molecular weight is 313 g/mol. The second-order valence-electron chi connectivity index (χ2n) is 4.83. The topological polar surface area (TPSA) is 106 Å². The number of rotatable bonds is 6. The molecule has 0 unspecified atom stereocenters. The van der Waals surface area contributed by atoms with E-state index in [1.807, 2.05) is 35.0 Å². The fraction of sp³-hybridized carbons (Fsp3) is 0.200. The summed E-state index contributed by atoms with van der Waals surface area (Å²) in [6.07, 6.45) is 5.38. The number of hydrogen-bond donors (Lipinski definition) is 2. The minimum Gasteiger partial charge on any atom is -0.395 e. The number of nitrogens with one attached hydrogen (secondary N) is 1. The summed E-state index contributed by atoms with van der Waals surface area (Å²) in [5.74, 6) is -0.293. The molecule has 2 aromatic heterocycles. The lowest BCUT2D eigenvalue weighted by Gasteiger charge is -2.02. The SMILES string of the molecule is O=C(NCCO)c1nc(-c2ccc(Cn3ccnc3)cc2)no1. The molecule has 118 valence electrons. The minimum atomic E-state index is -0.505. The van der Waals surface area contributed by atoms with Gasteiger partial charge in [-0.15, -0.1) is 0 Å². The van der Waals surface area contributed by atoms with Gasteiger partial charge in [-0.25, -0.2) is 4.98 Å². The summed E-state index contributed by atoms with van der Waals surface area (Å²) in [4.78, 5) is 19.7. The van der Waals surface area contributed by atoms with Gasteiger partial charge in [0.05, 0.1) is 12.9 Å². The number of aromatic nitrogens is 4. The van der Waals surface area contributed by atoms with Crippen LogP contribution in [-0.2, 0) is 6.54 Å². The molecule has 1 aromatic carbocycles. The second-order valence-corrected chi connectivity index (χ2v) is 4.83. The maximum absolute atomic E-state index is 11.7. The molecular formula is C15H15N5O3. The molecule has 0 aliphatic carbocycles. The van der Waals surface area contributed by atoms with E-state index in [4.69, 9.17) is 9.63 Å². The van der Waals surface area contributed by atoms with E-state index in [1.165, 1.54) is 0 Å². The molecule has 0 atom stereocenters. The van der Waals surface area contributed by atoms with Crippen LogP contribution in [0.3, 0.4) is 0 Å². The van der Waals surface area contributed by atoms with Gasteiger partial charge in [-0.2, -0.15) is 4.98 Å². The van der Waals surface area contributed by atoms with E-state index in [9.17, 15) is 4.79 Å². The third-order valence-corrected chi connectivity index (χ3v) is 3.15. The fourth-order valence-corrected chi connectivity index (χ4v) is 2.03. The lowest BCUT2D eigenvalue weighted by atomic mass is 10.1. The Balaban J connectivity index is 1.70. The molecule has 3 rings (SSSR count). The van der Waals surface area contributed by atoms with Crippen LogP contribution in [0.1, 0.15) is 16.2 Å². The third-order valence-electron chi connectivity index (χ3n) is 3.15. The molecule has 0 spiro atoms. The van der Waals surface area contributed by atoms with Crippen molar-refractivity contribution in [3.05, 3.63) is 54.4 Å². The Morgan fingerprint density at radius 1 is 1.30 bits per heavy atom. The highest BCUT2D eigenvalue weighted by Crippen LogP contribution is 2.17. The van der Waals surface area contributed by atoms with Crippen molar-refractivity contribution >= 4 is 5.91 Å². The molecule has 2 N–H and O–H groups in total. The predicted molar refractivity (Wildman–Crippen MR) is 80.5 cm³/mol. The molecule has 0 bridgehead atoms. The molecule has 3 aromatic rings. The van der Waals surface area contributed by atoms with Gasteiger partial charge in [-0.3, -0.25) is 4.79 Å². The van der Waals surface area contributed by atoms with E-state index < -0.39 is 5.91 Å². The van der Waals surface area contributed by atoms with Crippen LogP contribution < -0.4 is 5.32 Å². The minimum absolute atomic E-state index is 0.129. The average Bonchev–Trinajstić information content (AvgIpc) is 3.25. The number of aliphatic hydroxyl groups excluding tert-OH is 1. The Bertz CT molecular complexity index is 765. The zero-order valence-corrected chi connectivity index (χ0v) is 12.2. The second kappa shape index (κ2) is 6.84. The molecule has 23 heavy (non-hydrogen) atoms. The number of benzene rings is 1. The molecule has 8 nitrogen and oxygen atoms in total. The van der Waals surface area contributed by atoms with Crippen molar-refractivity contribution < 1.29 is 14.4 Å². The van der Waals surface area contributed by atoms with E-state index >= 15 is 0 Å². The van der Waals surface area contributed by atoms with Gasteiger partial charge >= 0.3 is 11.8 Å². The van der Waals surface area contributed by atoms with Crippen LogP contribution in [0.2, 0.25) is 0 Å². The number of imidazole rings is 1. The molecule has 0 radical (unpaired) electrons. The highest BCUT2D eigenvalue weighted by atomic mass is 16.5. The molecule has 1 amide bonds. The van der Waals surface area contributed by atoms with Crippen LogP contribution in [-0.4, -0.2) is 43.9 Å². The first-order chi connectivity index (χ1) is 11.3. The van der Waals surface area contributed by atoms with Gasteiger partial charge in [0, 0.05) is 31.0 Å². The number of carbonyl (C=O) groups is 1. The van der Waals surface area contributed by atoms with E-state index in [2.05, 4.69) is 20.4 Å². The largest absolute Gasteiger partial charge is 0.395 e. The van der Waals surface area contributed by atoms with Crippen LogP contribution in [0.5, 0.6) is 0 Å². The highest BCUT2D eigenvalue weighted by Gasteiger charge is 2.15. The van der Waals surface area contributed by atoms with Gasteiger partial charge < -0.3 is 19.5 Å². The Hall–Kier alpha value is -3.00. The third kappa shape index (κ3) is 3.61. The predicted octanol–water partition coefficient (Wildman–Crippen LogP) is 0.704. The van der Waals surface area contributed by atoms with Crippen LogP contribution in [0.4, 0.5) is 0 Å². The molecular weight excluding hydrogens is 298 g/mol. The molecule has 0 saturated carbocycles. The molecule has 0 aliphatic heterocycles. The van der Waals surface area contributed by atoms with Crippen molar-refractivity contribution in [3.63, 3.8) is 0 Å².